The monoisotopic (exact) mass is 243 g/mol. The molecular weight excluding hydrogens is 225 g/mol. The summed E-state index contributed by atoms with van der Waals surface area (Å²) in [5.74, 6) is -0.257. The van der Waals surface area contributed by atoms with Crippen LogP contribution >= 0.6 is 0 Å². The number of hydrogen-bond donors (Lipinski definition) is 1. The Labute approximate surface area is 99.6 Å². The van der Waals surface area contributed by atoms with Crippen LogP contribution in [0.2, 0.25) is 0 Å². The van der Waals surface area contributed by atoms with Crippen LogP contribution in [-0.4, -0.2) is 9.30 Å². The summed E-state index contributed by atoms with van der Waals surface area (Å²) in [5.41, 5.74) is 0.930. The van der Waals surface area contributed by atoms with Crippen molar-refractivity contribution < 1.29 is 8.94 Å². The average molecular weight is 243 g/mol. The van der Waals surface area contributed by atoms with Gasteiger partial charge in [0.2, 0.25) is 0 Å². The molecule has 2 nitrogen and oxygen atoms in total. The van der Waals surface area contributed by atoms with Crippen molar-refractivity contribution >= 4 is 11.4 Å². The van der Waals surface area contributed by atoms with Gasteiger partial charge in [0.1, 0.15) is 10.6 Å². The predicted molar refractivity (Wildman–Crippen MR) is 65.8 cm³/mol. The van der Waals surface area contributed by atoms with E-state index in [1.165, 1.54) is 12.1 Å². The van der Waals surface area contributed by atoms with E-state index in [-0.39, 0.29) is 16.6 Å². The van der Waals surface area contributed by atoms with Crippen LogP contribution in [0.1, 0.15) is 39.3 Å². The van der Waals surface area contributed by atoms with Crippen molar-refractivity contribution in [2.24, 2.45) is 0 Å². The Morgan fingerprint density at radius 3 is 2.19 bits per heavy atom. The maximum Gasteiger partial charge on any atom is 0.136 e. The third-order valence-corrected chi connectivity index (χ3v) is 3.89. The molecule has 0 aliphatic carbocycles. The maximum atomic E-state index is 12.7. The summed E-state index contributed by atoms with van der Waals surface area (Å²) in [6.45, 7) is 7.64. The second-order valence-electron chi connectivity index (χ2n) is 4.77. The minimum Gasteiger partial charge on any atom is -0.598 e. The SMILES string of the molecule is C[C@@H](N[S@+]([O-])C(C)(C)C)c1ccc(F)cc1. The second kappa shape index (κ2) is 5.17. The van der Waals surface area contributed by atoms with Crippen molar-refractivity contribution in [2.45, 2.75) is 38.5 Å². The second-order valence-corrected chi connectivity index (χ2v) is 6.77. The molecule has 0 spiro atoms. The van der Waals surface area contributed by atoms with E-state index < -0.39 is 11.4 Å². The summed E-state index contributed by atoms with van der Waals surface area (Å²) < 4.78 is 27.3. The summed E-state index contributed by atoms with van der Waals surface area (Å²) in [6.07, 6.45) is 0. The summed E-state index contributed by atoms with van der Waals surface area (Å²) >= 11 is -1.12. The van der Waals surface area contributed by atoms with Gasteiger partial charge in [-0.3, -0.25) is 0 Å². The van der Waals surface area contributed by atoms with E-state index in [9.17, 15) is 8.94 Å². The molecule has 0 fully saturated rings. The molecule has 1 rings (SSSR count). The highest BCUT2D eigenvalue weighted by Crippen LogP contribution is 2.19. The van der Waals surface area contributed by atoms with Gasteiger partial charge in [0, 0.05) is 11.4 Å². The number of rotatable bonds is 3. The fraction of sp³-hybridized carbons (Fsp3) is 0.500. The molecule has 0 saturated carbocycles. The highest BCUT2D eigenvalue weighted by molar-refractivity contribution is 7.90. The molecule has 0 heterocycles. The number of halogens is 1. The van der Waals surface area contributed by atoms with Gasteiger partial charge in [0.25, 0.3) is 0 Å². The van der Waals surface area contributed by atoms with E-state index in [0.717, 1.165) is 5.56 Å². The lowest BCUT2D eigenvalue weighted by Gasteiger charge is -2.26. The fourth-order valence-corrected chi connectivity index (χ4v) is 1.97. The largest absolute Gasteiger partial charge is 0.598 e. The third kappa shape index (κ3) is 3.77. The molecule has 0 aliphatic heterocycles. The molecule has 0 bridgehead atoms. The van der Waals surface area contributed by atoms with Gasteiger partial charge >= 0.3 is 0 Å². The minimum atomic E-state index is -1.12. The van der Waals surface area contributed by atoms with Gasteiger partial charge in [-0.15, -0.1) is 4.72 Å². The molecule has 90 valence electrons. The number of nitrogens with one attached hydrogen (secondary N) is 1. The molecule has 0 unspecified atom stereocenters. The van der Waals surface area contributed by atoms with E-state index >= 15 is 0 Å². The van der Waals surface area contributed by atoms with Gasteiger partial charge in [0.05, 0.1) is 6.04 Å². The minimum absolute atomic E-state index is 0.0549. The van der Waals surface area contributed by atoms with Gasteiger partial charge in [-0.25, -0.2) is 4.39 Å². The third-order valence-electron chi connectivity index (χ3n) is 2.21. The zero-order valence-electron chi connectivity index (χ0n) is 10.1. The molecule has 0 aliphatic rings. The van der Waals surface area contributed by atoms with E-state index in [0.29, 0.717) is 0 Å². The Morgan fingerprint density at radius 2 is 1.75 bits per heavy atom. The quantitative estimate of drug-likeness (QED) is 0.828. The molecule has 0 amide bonds. The van der Waals surface area contributed by atoms with Crippen LogP contribution in [0.25, 0.3) is 0 Å². The molecule has 2 atom stereocenters. The van der Waals surface area contributed by atoms with E-state index in [4.69, 9.17) is 0 Å². The number of benzene rings is 1. The molecule has 0 radical (unpaired) electrons. The zero-order valence-corrected chi connectivity index (χ0v) is 10.9. The summed E-state index contributed by atoms with van der Waals surface area (Å²) in [4.78, 5) is 0. The van der Waals surface area contributed by atoms with E-state index in [1.54, 1.807) is 12.1 Å². The molecule has 0 aromatic heterocycles. The fourth-order valence-electron chi connectivity index (χ4n) is 1.16. The van der Waals surface area contributed by atoms with Crippen LogP contribution in [0.15, 0.2) is 24.3 Å². The van der Waals surface area contributed by atoms with Gasteiger partial charge in [-0.1, -0.05) is 12.1 Å². The van der Waals surface area contributed by atoms with Crippen LogP contribution in [0.5, 0.6) is 0 Å². The van der Waals surface area contributed by atoms with E-state index in [1.807, 2.05) is 27.7 Å². The van der Waals surface area contributed by atoms with Gasteiger partial charge < -0.3 is 4.55 Å². The van der Waals surface area contributed by atoms with Crippen LogP contribution < -0.4 is 4.72 Å². The molecule has 0 saturated heterocycles. The van der Waals surface area contributed by atoms with Gasteiger partial charge in [0.15, 0.2) is 0 Å². The molecule has 1 N–H and O–H groups in total. The lowest BCUT2D eigenvalue weighted by Crippen LogP contribution is -2.40. The van der Waals surface area contributed by atoms with Crippen LogP contribution in [0, 0.1) is 5.82 Å². The van der Waals surface area contributed by atoms with Crippen molar-refractivity contribution in [1.82, 2.24) is 4.72 Å². The topological polar surface area (TPSA) is 35.1 Å². The summed E-state index contributed by atoms with van der Waals surface area (Å²) in [5, 5.41) is 0. The van der Waals surface area contributed by atoms with Crippen molar-refractivity contribution in [1.29, 1.82) is 0 Å². The Hall–Kier alpha value is -0.580. The Morgan fingerprint density at radius 1 is 1.25 bits per heavy atom. The predicted octanol–water partition coefficient (Wildman–Crippen LogP) is 2.94. The highest BCUT2D eigenvalue weighted by Gasteiger charge is 2.28. The Balaban J connectivity index is 2.65. The molecule has 4 heteroatoms. The first kappa shape index (κ1) is 13.5. The Bertz CT molecular complexity index is 334. The average Bonchev–Trinajstić information content (AvgIpc) is 2.17. The van der Waals surface area contributed by atoms with Crippen LogP contribution in [0.3, 0.4) is 0 Å². The van der Waals surface area contributed by atoms with Gasteiger partial charge in [-0.05, 0) is 45.4 Å². The highest BCUT2D eigenvalue weighted by atomic mass is 32.2. The smallest absolute Gasteiger partial charge is 0.136 e. The zero-order chi connectivity index (χ0) is 12.3. The lowest BCUT2D eigenvalue weighted by molar-refractivity contribution is 0.531. The maximum absolute atomic E-state index is 12.7. The van der Waals surface area contributed by atoms with Gasteiger partial charge in [-0.2, -0.15) is 0 Å². The first-order valence-electron chi connectivity index (χ1n) is 5.24. The first-order valence-corrected chi connectivity index (χ1v) is 6.39. The molecular formula is C12H18FNOS. The number of hydrogen-bond acceptors (Lipinski definition) is 2. The van der Waals surface area contributed by atoms with Crippen molar-refractivity contribution in [3.63, 3.8) is 0 Å². The summed E-state index contributed by atoms with van der Waals surface area (Å²) in [6, 6.07) is 6.17. The molecule has 1 aromatic rings. The van der Waals surface area contributed by atoms with E-state index in [2.05, 4.69) is 4.72 Å². The lowest BCUT2D eigenvalue weighted by atomic mass is 10.1. The standard InChI is InChI=1S/C12H18FNOS/c1-9(14-16(15)12(2,3)4)10-5-7-11(13)8-6-10/h5-9,14H,1-4H3/t9-,16-/m1/s1. The van der Waals surface area contributed by atoms with Crippen molar-refractivity contribution in [3.8, 4) is 0 Å². The van der Waals surface area contributed by atoms with Crippen molar-refractivity contribution in [2.75, 3.05) is 0 Å². The van der Waals surface area contributed by atoms with Crippen molar-refractivity contribution in [3.05, 3.63) is 35.6 Å². The van der Waals surface area contributed by atoms with Crippen LogP contribution in [-0.2, 0) is 11.4 Å². The first-order chi connectivity index (χ1) is 7.30. The summed E-state index contributed by atoms with van der Waals surface area (Å²) in [7, 11) is 0. The molecule has 1 aromatic carbocycles. The molecule has 16 heavy (non-hydrogen) atoms. The normalized spacial score (nSPS) is 15.9. The Kier molecular flexibility index (Phi) is 4.35. The van der Waals surface area contributed by atoms with Crippen LogP contribution in [0.4, 0.5) is 4.39 Å².